The highest BCUT2D eigenvalue weighted by molar-refractivity contribution is 7.21. The summed E-state index contributed by atoms with van der Waals surface area (Å²) < 4.78 is 48.6. The normalized spacial score (nSPS) is 19.8. The molecule has 2 saturated heterocycles. The van der Waals surface area contributed by atoms with E-state index >= 15 is 0 Å². The highest BCUT2D eigenvalue weighted by atomic mass is 32.1. The fraction of sp³-hybridized carbons (Fsp3) is 0.536. The van der Waals surface area contributed by atoms with Crippen LogP contribution in [0.3, 0.4) is 0 Å². The average molecular weight is 592 g/mol. The SMILES string of the molecule is CC(C)(C)OC(=O)N1CC[C@@H](n2c(C(F)(F)F)nc3sc(N4CCC[C@@H]4C(=O)CCc4ccccc4)nc3c2=O)C1. The van der Waals surface area contributed by atoms with E-state index in [1.54, 1.807) is 25.7 Å². The van der Waals surface area contributed by atoms with Crippen LogP contribution in [0.4, 0.5) is 23.1 Å². The number of nitrogens with zero attached hydrogens (tertiary/aromatic N) is 5. The number of halogens is 3. The van der Waals surface area contributed by atoms with Crippen molar-refractivity contribution in [3.63, 3.8) is 0 Å². The first kappa shape index (κ1) is 29.0. The van der Waals surface area contributed by atoms with Crippen LogP contribution in [0.5, 0.6) is 0 Å². The number of fused-ring (bicyclic) bond motifs is 1. The van der Waals surface area contributed by atoms with Crippen molar-refractivity contribution >= 4 is 38.7 Å². The molecule has 1 amide bonds. The lowest BCUT2D eigenvalue weighted by atomic mass is 10.0. The molecule has 9 nitrogen and oxygen atoms in total. The lowest BCUT2D eigenvalue weighted by Crippen LogP contribution is -2.38. The van der Waals surface area contributed by atoms with Crippen molar-refractivity contribution in [2.24, 2.45) is 0 Å². The van der Waals surface area contributed by atoms with Gasteiger partial charge in [0.25, 0.3) is 5.56 Å². The average Bonchev–Trinajstić information content (AvgIpc) is 3.65. The number of carbonyl (C=O) groups is 2. The van der Waals surface area contributed by atoms with Gasteiger partial charge in [-0.05, 0) is 52.0 Å². The Morgan fingerprint density at radius 1 is 1.07 bits per heavy atom. The summed E-state index contributed by atoms with van der Waals surface area (Å²) in [7, 11) is 0. The molecule has 1 aromatic carbocycles. The van der Waals surface area contributed by atoms with Crippen LogP contribution in [0.15, 0.2) is 35.1 Å². The van der Waals surface area contributed by atoms with Gasteiger partial charge in [0.1, 0.15) is 5.60 Å². The second kappa shape index (κ2) is 11.1. The summed E-state index contributed by atoms with van der Waals surface area (Å²) in [5.74, 6) is -1.29. The predicted octanol–water partition coefficient (Wildman–Crippen LogP) is 5.22. The van der Waals surface area contributed by atoms with Gasteiger partial charge < -0.3 is 14.5 Å². The minimum absolute atomic E-state index is 0.0279. The molecular weight excluding hydrogens is 559 g/mol. The summed E-state index contributed by atoms with van der Waals surface area (Å²) in [6.07, 6.45) is -3.16. The summed E-state index contributed by atoms with van der Waals surface area (Å²) >= 11 is 0.891. The van der Waals surface area contributed by atoms with Crippen molar-refractivity contribution < 1.29 is 27.5 Å². The number of ether oxygens (including phenoxy) is 1. The van der Waals surface area contributed by atoms with E-state index in [0.717, 1.165) is 23.3 Å². The van der Waals surface area contributed by atoms with Crippen LogP contribution in [0, 0.1) is 0 Å². The van der Waals surface area contributed by atoms with Gasteiger partial charge in [0, 0.05) is 26.1 Å². The maximum Gasteiger partial charge on any atom is 0.449 e. The molecule has 0 spiro atoms. The number of amides is 1. The Bertz CT molecular complexity index is 1500. The number of hydrogen-bond donors (Lipinski definition) is 0. The van der Waals surface area contributed by atoms with Gasteiger partial charge in [-0.1, -0.05) is 41.7 Å². The van der Waals surface area contributed by atoms with Gasteiger partial charge >= 0.3 is 12.3 Å². The molecule has 4 heterocycles. The van der Waals surface area contributed by atoms with E-state index in [4.69, 9.17) is 4.74 Å². The smallest absolute Gasteiger partial charge is 0.444 e. The van der Waals surface area contributed by atoms with Crippen LogP contribution in [-0.2, 0) is 22.1 Å². The van der Waals surface area contributed by atoms with Crippen LogP contribution in [0.2, 0.25) is 0 Å². The Labute approximate surface area is 238 Å². The summed E-state index contributed by atoms with van der Waals surface area (Å²) in [4.78, 5) is 50.4. The molecular formula is C28H32F3N5O4S. The third-order valence-corrected chi connectivity index (χ3v) is 8.25. The van der Waals surface area contributed by atoms with Crippen molar-refractivity contribution in [3.05, 3.63) is 52.1 Å². The van der Waals surface area contributed by atoms with E-state index in [-0.39, 0.29) is 35.6 Å². The molecule has 0 N–H and O–H groups in total. The highest BCUT2D eigenvalue weighted by Crippen LogP contribution is 2.36. The van der Waals surface area contributed by atoms with E-state index in [0.29, 0.717) is 35.5 Å². The lowest BCUT2D eigenvalue weighted by Gasteiger charge is -2.25. The zero-order valence-corrected chi connectivity index (χ0v) is 23.9. The fourth-order valence-electron chi connectivity index (χ4n) is 5.39. The fourth-order valence-corrected chi connectivity index (χ4v) is 6.40. The Morgan fingerprint density at radius 3 is 2.49 bits per heavy atom. The highest BCUT2D eigenvalue weighted by Gasteiger charge is 2.42. The van der Waals surface area contributed by atoms with E-state index in [2.05, 4.69) is 9.97 Å². The maximum atomic E-state index is 14.2. The summed E-state index contributed by atoms with van der Waals surface area (Å²) in [6, 6.07) is 8.26. The first-order valence-corrected chi connectivity index (χ1v) is 14.4. The molecule has 2 fully saturated rings. The first-order valence-electron chi connectivity index (χ1n) is 13.6. The predicted molar refractivity (Wildman–Crippen MR) is 148 cm³/mol. The third kappa shape index (κ3) is 6.24. The Kier molecular flexibility index (Phi) is 7.84. The zero-order valence-electron chi connectivity index (χ0n) is 23.1. The molecule has 3 aromatic rings. The molecule has 2 atom stereocenters. The summed E-state index contributed by atoms with van der Waals surface area (Å²) in [6.45, 7) is 5.63. The molecule has 0 bridgehead atoms. The monoisotopic (exact) mass is 591 g/mol. The van der Waals surface area contributed by atoms with Gasteiger partial charge in [0.2, 0.25) is 5.82 Å². The Morgan fingerprint density at radius 2 is 1.80 bits per heavy atom. The van der Waals surface area contributed by atoms with E-state index in [9.17, 15) is 27.6 Å². The number of benzene rings is 1. The molecule has 41 heavy (non-hydrogen) atoms. The van der Waals surface area contributed by atoms with Crippen molar-refractivity contribution in [1.82, 2.24) is 19.4 Å². The van der Waals surface area contributed by atoms with E-state index < -0.39 is 41.3 Å². The number of likely N-dealkylation sites (tertiary alicyclic amines) is 1. The molecule has 13 heteroatoms. The number of aromatic nitrogens is 3. The van der Waals surface area contributed by atoms with Crippen LogP contribution in [0.1, 0.15) is 63.9 Å². The minimum Gasteiger partial charge on any atom is -0.444 e. The van der Waals surface area contributed by atoms with E-state index in [1.807, 2.05) is 30.3 Å². The number of rotatable bonds is 6. The number of carbonyl (C=O) groups excluding carboxylic acids is 2. The largest absolute Gasteiger partial charge is 0.449 e. The second-order valence-corrected chi connectivity index (χ2v) is 12.4. The van der Waals surface area contributed by atoms with Crippen LogP contribution in [-0.4, -0.2) is 62.6 Å². The van der Waals surface area contributed by atoms with Crippen molar-refractivity contribution in [3.8, 4) is 0 Å². The summed E-state index contributed by atoms with van der Waals surface area (Å²) in [5, 5.41) is 0.313. The topological polar surface area (TPSA) is 97.6 Å². The van der Waals surface area contributed by atoms with Crippen molar-refractivity contribution in [2.75, 3.05) is 24.5 Å². The number of Topliss-reactive ketones (excluding diaryl/α,β-unsaturated/α-hetero) is 1. The third-order valence-electron chi connectivity index (χ3n) is 7.26. The lowest BCUT2D eigenvalue weighted by molar-refractivity contribution is -0.148. The quantitative estimate of drug-likeness (QED) is 0.388. The standard InChI is InChI=1S/C28H32F3N5O4S/c1-27(2,3)40-26(39)34-15-13-18(16-34)36-23(38)21-22(33-24(36)28(29,30)31)41-25(32-21)35-14-7-10-19(35)20(37)12-11-17-8-5-4-6-9-17/h4-6,8-9,18-19H,7,10-16H2,1-3H3/t18-,19-/m1/s1. The van der Waals surface area contributed by atoms with Crippen molar-refractivity contribution in [1.29, 1.82) is 0 Å². The Balaban J connectivity index is 1.42. The maximum absolute atomic E-state index is 14.2. The van der Waals surface area contributed by atoms with Crippen LogP contribution in [0.25, 0.3) is 10.3 Å². The molecule has 2 aliphatic heterocycles. The Hall–Kier alpha value is -3.48. The minimum atomic E-state index is -4.90. The first-order chi connectivity index (χ1) is 19.3. The number of thiazole rings is 1. The second-order valence-electron chi connectivity index (χ2n) is 11.4. The molecule has 0 unspecified atom stereocenters. The van der Waals surface area contributed by atoms with Crippen LogP contribution >= 0.6 is 11.3 Å². The van der Waals surface area contributed by atoms with Gasteiger partial charge in [0.15, 0.2) is 21.3 Å². The van der Waals surface area contributed by atoms with Crippen molar-refractivity contribution in [2.45, 2.75) is 76.7 Å². The number of anilines is 1. The molecule has 5 rings (SSSR count). The van der Waals surface area contributed by atoms with E-state index in [1.165, 1.54) is 4.90 Å². The molecule has 2 aromatic heterocycles. The van der Waals surface area contributed by atoms with Gasteiger partial charge in [-0.2, -0.15) is 13.2 Å². The van der Waals surface area contributed by atoms with Crippen LogP contribution < -0.4 is 10.5 Å². The number of aryl methyl sites for hydroxylation is 1. The number of hydrogen-bond acceptors (Lipinski definition) is 8. The summed E-state index contributed by atoms with van der Waals surface area (Å²) in [5.41, 5.74) is -0.799. The molecule has 0 radical (unpaired) electrons. The zero-order chi connectivity index (χ0) is 29.5. The molecule has 0 aliphatic carbocycles. The number of alkyl halides is 3. The van der Waals surface area contributed by atoms with Gasteiger partial charge in [0.05, 0.1) is 12.1 Å². The van der Waals surface area contributed by atoms with Gasteiger partial charge in [-0.25, -0.2) is 14.8 Å². The van der Waals surface area contributed by atoms with Gasteiger partial charge in [-0.3, -0.25) is 14.2 Å². The molecule has 220 valence electrons. The number of ketones is 1. The molecule has 2 aliphatic rings. The van der Waals surface area contributed by atoms with Gasteiger partial charge in [-0.15, -0.1) is 0 Å². The molecule has 0 saturated carbocycles.